The Hall–Kier alpha value is -2.17. The molecule has 0 spiro atoms. The number of hydrogen-bond donors (Lipinski definition) is 1. The monoisotopic (exact) mass is 285 g/mol. The van der Waals surface area contributed by atoms with Crippen LogP contribution in [0.4, 0.5) is 10.2 Å². The van der Waals surface area contributed by atoms with E-state index in [9.17, 15) is 4.39 Å². The molecule has 4 rings (SSSR count). The molecule has 0 radical (unpaired) electrons. The van der Waals surface area contributed by atoms with Gasteiger partial charge in [0.05, 0.1) is 12.6 Å². The molecular weight excluding hydrogens is 269 g/mol. The van der Waals surface area contributed by atoms with Gasteiger partial charge in [0.15, 0.2) is 11.6 Å². The fraction of sp³-hybridized carbons (Fsp3) is 0.375. The maximum atomic E-state index is 13.8. The third-order valence-corrected chi connectivity index (χ3v) is 3.96. The van der Waals surface area contributed by atoms with Crippen LogP contribution in [0.25, 0.3) is 0 Å². The molecule has 1 aliphatic heterocycles. The van der Waals surface area contributed by atoms with Crippen molar-refractivity contribution < 1.29 is 9.13 Å². The maximum absolute atomic E-state index is 13.8. The second-order valence-electron chi connectivity index (χ2n) is 5.57. The van der Waals surface area contributed by atoms with Gasteiger partial charge in [-0.15, -0.1) is 0 Å². The minimum absolute atomic E-state index is 0.0198. The van der Waals surface area contributed by atoms with E-state index < -0.39 is 0 Å². The zero-order valence-electron chi connectivity index (χ0n) is 11.6. The van der Waals surface area contributed by atoms with Crippen molar-refractivity contribution in [1.29, 1.82) is 0 Å². The lowest BCUT2D eigenvalue weighted by atomic mass is 10.0. The molecule has 2 heterocycles. The molecule has 2 aliphatic rings. The molecule has 1 N–H and O–H groups in total. The van der Waals surface area contributed by atoms with Crippen molar-refractivity contribution >= 4 is 5.82 Å². The zero-order valence-corrected chi connectivity index (χ0v) is 11.6. The molecule has 0 unspecified atom stereocenters. The van der Waals surface area contributed by atoms with Crippen LogP contribution in [0.3, 0.4) is 0 Å². The molecule has 1 saturated carbocycles. The molecule has 5 heteroatoms. The van der Waals surface area contributed by atoms with Crippen LogP contribution in [0.2, 0.25) is 0 Å². The first-order valence-corrected chi connectivity index (χ1v) is 7.32. The zero-order chi connectivity index (χ0) is 14.2. The Bertz CT molecular complexity index is 672. The van der Waals surface area contributed by atoms with E-state index in [1.165, 1.54) is 18.9 Å². The highest BCUT2D eigenvalue weighted by Crippen LogP contribution is 2.39. The van der Waals surface area contributed by atoms with Crippen LogP contribution < -0.4 is 10.1 Å². The van der Waals surface area contributed by atoms with E-state index in [1.807, 2.05) is 12.1 Å². The van der Waals surface area contributed by atoms with Gasteiger partial charge in [-0.05, 0) is 25.0 Å². The number of nitrogens with one attached hydrogen (secondary N) is 1. The first-order valence-electron chi connectivity index (χ1n) is 7.32. The molecule has 2 aromatic rings. The van der Waals surface area contributed by atoms with Crippen LogP contribution in [-0.2, 0) is 0 Å². The molecule has 21 heavy (non-hydrogen) atoms. The van der Waals surface area contributed by atoms with E-state index in [2.05, 4.69) is 15.3 Å². The summed E-state index contributed by atoms with van der Waals surface area (Å²) in [6, 6.07) is 6.93. The lowest BCUT2D eigenvalue weighted by Crippen LogP contribution is -2.21. The van der Waals surface area contributed by atoms with Crippen LogP contribution in [0.1, 0.15) is 42.6 Å². The average Bonchev–Trinajstić information content (AvgIpc) is 3.33. The van der Waals surface area contributed by atoms with Crippen LogP contribution in [-0.4, -0.2) is 16.6 Å². The summed E-state index contributed by atoms with van der Waals surface area (Å²) in [5.41, 5.74) is 0.854. The SMILES string of the molecule is Fc1cccc2c1OCC[C@@H]2Nc1ccnc(C2CC2)n1. The van der Waals surface area contributed by atoms with E-state index >= 15 is 0 Å². The quantitative estimate of drug-likeness (QED) is 0.938. The van der Waals surface area contributed by atoms with E-state index in [0.717, 1.165) is 23.6 Å². The number of ether oxygens (including phenoxy) is 1. The Balaban J connectivity index is 1.61. The molecule has 4 nitrogen and oxygen atoms in total. The normalized spacial score (nSPS) is 20.5. The van der Waals surface area contributed by atoms with Gasteiger partial charge in [-0.3, -0.25) is 0 Å². The Morgan fingerprint density at radius 2 is 2.10 bits per heavy atom. The molecule has 1 aromatic heterocycles. The van der Waals surface area contributed by atoms with Gasteiger partial charge in [0, 0.05) is 24.1 Å². The molecule has 0 bridgehead atoms. The van der Waals surface area contributed by atoms with Gasteiger partial charge >= 0.3 is 0 Å². The number of anilines is 1. The second kappa shape index (κ2) is 4.98. The third kappa shape index (κ3) is 2.44. The van der Waals surface area contributed by atoms with Crippen molar-refractivity contribution in [3.63, 3.8) is 0 Å². The number of rotatable bonds is 3. The first-order chi connectivity index (χ1) is 10.3. The standard InChI is InChI=1S/C16H16FN3O/c17-12-3-1-2-11-13(7-9-21-15(11)12)19-14-6-8-18-16(20-14)10-4-5-10/h1-3,6,8,10,13H,4-5,7,9H2,(H,18,19,20)/t13-/m0/s1. The van der Waals surface area contributed by atoms with Gasteiger partial charge in [0.2, 0.25) is 0 Å². The minimum Gasteiger partial charge on any atom is -0.490 e. The molecule has 1 aromatic carbocycles. The lowest BCUT2D eigenvalue weighted by Gasteiger charge is -2.27. The molecule has 1 atom stereocenters. The molecule has 1 aliphatic carbocycles. The highest BCUT2D eigenvalue weighted by atomic mass is 19.1. The number of aromatic nitrogens is 2. The number of para-hydroxylation sites is 1. The van der Waals surface area contributed by atoms with Gasteiger partial charge in [-0.1, -0.05) is 12.1 Å². The number of benzene rings is 1. The van der Waals surface area contributed by atoms with E-state index in [-0.39, 0.29) is 11.9 Å². The summed E-state index contributed by atoms with van der Waals surface area (Å²) in [5, 5.41) is 3.39. The summed E-state index contributed by atoms with van der Waals surface area (Å²) in [6.07, 6.45) is 4.93. The van der Waals surface area contributed by atoms with Crippen LogP contribution >= 0.6 is 0 Å². The smallest absolute Gasteiger partial charge is 0.165 e. The van der Waals surface area contributed by atoms with E-state index in [1.54, 1.807) is 12.3 Å². The first kappa shape index (κ1) is 12.6. The van der Waals surface area contributed by atoms with Crippen molar-refractivity contribution in [2.24, 2.45) is 0 Å². The minimum atomic E-state index is -0.305. The lowest BCUT2D eigenvalue weighted by molar-refractivity contribution is 0.260. The van der Waals surface area contributed by atoms with Crippen LogP contribution in [0, 0.1) is 5.82 Å². The second-order valence-corrected chi connectivity index (χ2v) is 5.57. The van der Waals surface area contributed by atoms with Crippen molar-refractivity contribution in [3.05, 3.63) is 47.7 Å². The summed E-state index contributed by atoms with van der Waals surface area (Å²) in [6.45, 7) is 0.506. The highest BCUT2D eigenvalue weighted by molar-refractivity contribution is 5.45. The largest absolute Gasteiger partial charge is 0.490 e. The molecule has 108 valence electrons. The fourth-order valence-corrected chi connectivity index (χ4v) is 2.71. The van der Waals surface area contributed by atoms with Crippen molar-refractivity contribution in [1.82, 2.24) is 9.97 Å². The maximum Gasteiger partial charge on any atom is 0.165 e. The fourth-order valence-electron chi connectivity index (χ4n) is 2.71. The Kier molecular flexibility index (Phi) is 2.98. The highest BCUT2D eigenvalue weighted by Gasteiger charge is 2.27. The average molecular weight is 285 g/mol. The number of hydrogen-bond acceptors (Lipinski definition) is 4. The summed E-state index contributed by atoms with van der Waals surface area (Å²) in [4.78, 5) is 8.88. The van der Waals surface area contributed by atoms with Gasteiger partial charge in [-0.25, -0.2) is 14.4 Å². The van der Waals surface area contributed by atoms with Gasteiger partial charge in [-0.2, -0.15) is 0 Å². The predicted octanol–water partition coefficient (Wildman–Crippen LogP) is 3.43. The number of fused-ring (bicyclic) bond motifs is 1. The number of nitrogens with zero attached hydrogens (tertiary/aromatic N) is 2. The molecular formula is C16H16FN3O. The van der Waals surface area contributed by atoms with Gasteiger partial charge in [0.25, 0.3) is 0 Å². The Morgan fingerprint density at radius 1 is 1.19 bits per heavy atom. The molecule has 1 fully saturated rings. The Labute approximate surface area is 122 Å². The predicted molar refractivity (Wildman–Crippen MR) is 76.9 cm³/mol. The van der Waals surface area contributed by atoms with Gasteiger partial charge in [0.1, 0.15) is 11.6 Å². The van der Waals surface area contributed by atoms with Crippen LogP contribution in [0.5, 0.6) is 5.75 Å². The summed E-state index contributed by atoms with van der Waals surface area (Å²) in [7, 11) is 0. The van der Waals surface area contributed by atoms with Crippen LogP contribution in [0.15, 0.2) is 30.5 Å². The Morgan fingerprint density at radius 3 is 2.95 bits per heavy atom. The summed E-state index contributed by atoms with van der Waals surface area (Å²) in [5.74, 6) is 2.28. The summed E-state index contributed by atoms with van der Waals surface area (Å²) >= 11 is 0. The number of halogens is 1. The third-order valence-electron chi connectivity index (χ3n) is 3.96. The van der Waals surface area contributed by atoms with E-state index in [0.29, 0.717) is 18.3 Å². The van der Waals surface area contributed by atoms with Crippen molar-refractivity contribution in [2.75, 3.05) is 11.9 Å². The molecule has 0 amide bonds. The van der Waals surface area contributed by atoms with Crippen molar-refractivity contribution in [2.45, 2.75) is 31.2 Å². The summed E-state index contributed by atoms with van der Waals surface area (Å²) < 4.78 is 19.2. The molecule has 0 saturated heterocycles. The van der Waals surface area contributed by atoms with Crippen molar-refractivity contribution in [3.8, 4) is 5.75 Å². The topological polar surface area (TPSA) is 47.0 Å². The van der Waals surface area contributed by atoms with E-state index in [4.69, 9.17) is 4.74 Å². The van der Waals surface area contributed by atoms with Gasteiger partial charge < -0.3 is 10.1 Å².